The lowest BCUT2D eigenvalue weighted by atomic mass is 10.4. The number of hydrogen-bond donors (Lipinski definition) is 3. The second-order valence-corrected chi connectivity index (χ2v) is 3.72. The van der Waals surface area contributed by atoms with Gasteiger partial charge in [-0.1, -0.05) is 0 Å². The summed E-state index contributed by atoms with van der Waals surface area (Å²) in [5, 5.41) is 10.4. The molecule has 2 heterocycles. The Morgan fingerprint density at radius 3 is 2.93 bits per heavy atom. The van der Waals surface area contributed by atoms with E-state index in [1.807, 2.05) is 6.92 Å². The third-order valence-electron chi connectivity index (χ3n) is 1.71. The predicted octanol–water partition coefficient (Wildman–Crippen LogP) is 0.201. The monoisotopic (exact) mass is 225 g/mol. The molecular weight excluding hydrogens is 214 g/mol. The summed E-state index contributed by atoms with van der Waals surface area (Å²) in [6.07, 6.45) is 0.725. The van der Waals surface area contributed by atoms with Crippen LogP contribution in [0.15, 0.2) is 0 Å². The third-order valence-corrected chi connectivity index (χ3v) is 2.48. The average Bonchev–Trinajstić information content (AvgIpc) is 2.76. The molecule has 4 N–H and O–H groups in total. The maximum Gasteiger partial charge on any atom is 0.239 e. The molecule has 0 amide bonds. The SMILES string of the molecule is Cc1nsc(NCCc2nc(N)n[nH]2)n1. The molecule has 15 heavy (non-hydrogen) atoms. The second kappa shape index (κ2) is 4.22. The largest absolute Gasteiger partial charge is 0.367 e. The minimum atomic E-state index is 0.275. The predicted molar refractivity (Wildman–Crippen MR) is 57.6 cm³/mol. The van der Waals surface area contributed by atoms with E-state index in [4.69, 9.17) is 5.73 Å². The van der Waals surface area contributed by atoms with Gasteiger partial charge in [-0.25, -0.2) is 4.98 Å². The zero-order valence-corrected chi connectivity index (χ0v) is 9.01. The molecule has 0 aliphatic carbocycles. The van der Waals surface area contributed by atoms with Crippen LogP contribution in [0.1, 0.15) is 11.6 Å². The van der Waals surface area contributed by atoms with E-state index in [1.54, 1.807) is 0 Å². The quantitative estimate of drug-likeness (QED) is 0.686. The third kappa shape index (κ3) is 2.62. The van der Waals surface area contributed by atoms with Gasteiger partial charge in [0, 0.05) is 24.5 Å². The summed E-state index contributed by atoms with van der Waals surface area (Å²) < 4.78 is 4.06. The van der Waals surface area contributed by atoms with Crippen molar-refractivity contribution < 1.29 is 0 Å². The van der Waals surface area contributed by atoms with Gasteiger partial charge in [0.05, 0.1) is 0 Å². The highest BCUT2D eigenvalue weighted by Crippen LogP contribution is 2.09. The van der Waals surface area contributed by atoms with Gasteiger partial charge in [0.25, 0.3) is 0 Å². The number of nitrogens with two attached hydrogens (primary N) is 1. The smallest absolute Gasteiger partial charge is 0.239 e. The Balaban J connectivity index is 1.80. The van der Waals surface area contributed by atoms with Crippen molar-refractivity contribution in [3.05, 3.63) is 11.6 Å². The van der Waals surface area contributed by atoms with Crippen LogP contribution in [0.2, 0.25) is 0 Å². The first-order valence-electron chi connectivity index (χ1n) is 4.45. The molecule has 2 aromatic rings. The van der Waals surface area contributed by atoms with E-state index < -0.39 is 0 Å². The number of nitrogens with one attached hydrogen (secondary N) is 2. The highest BCUT2D eigenvalue weighted by atomic mass is 32.1. The molecule has 2 aromatic heterocycles. The fraction of sp³-hybridized carbons (Fsp3) is 0.429. The van der Waals surface area contributed by atoms with Crippen LogP contribution in [-0.2, 0) is 6.42 Å². The molecular formula is C7H11N7S. The minimum absolute atomic E-state index is 0.275. The van der Waals surface area contributed by atoms with Crippen molar-refractivity contribution in [3.63, 3.8) is 0 Å². The summed E-state index contributed by atoms with van der Waals surface area (Å²) >= 11 is 1.35. The molecule has 80 valence electrons. The van der Waals surface area contributed by atoms with Gasteiger partial charge in [-0.3, -0.25) is 5.10 Å². The molecule has 0 atom stereocenters. The van der Waals surface area contributed by atoms with Gasteiger partial charge in [-0.2, -0.15) is 9.36 Å². The highest BCUT2D eigenvalue weighted by Gasteiger charge is 2.01. The lowest BCUT2D eigenvalue weighted by molar-refractivity contribution is 0.899. The fourth-order valence-electron chi connectivity index (χ4n) is 1.08. The van der Waals surface area contributed by atoms with Crippen LogP contribution in [-0.4, -0.2) is 31.1 Å². The summed E-state index contributed by atoms with van der Waals surface area (Å²) in [4.78, 5) is 8.16. The van der Waals surface area contributed by atoms with Crippen LogP contribution in [0.5, 0.6) is 0 Å². The van der Waals surface area contributed by atoms with E-state index in [-0.39, 0.29) is 5.95 Å². The maximum absolute atomic E-state index is 5.37. The van der Waals surface area contributed by atoms with E-state index >= 15 is 0 Å². The Bertz CT molecular complexity index is 394. The number of nitrogen functional groups attached to an aromatic ring is 1. The highest BCUT2D eigenvalue weighted by molar-refractivity contribution is 7.09. The molecule has 0 radical (unpaired) electrons. The summed E-state index contributed by atoms with van der Waals surface area (Å²) in [7, 11) is 0. The number of aromatic amines is 1. The number of nitrogens with zero attached hydrogens (tertiary/aromatic N) is 4. The van der Waals surface area contributed by atoms with Gasteiger partial charge in [-0.05, 0) is 6.92 Å². The zero-order valence-electron chi connectivity index (χ0n) is 8.19. The van der Waals surface area contributed by atoms with Gasteiger partial charge < -0.3 is 11.1 Å². The van der Waals surface area contributed by atoms with Crippen molar-refractivity contribution in [2.45, 2.75) is 13.3 Å². The maximum atomic E-state index is 5.37. The van der Waals surface area contributed by atoms with Gasteiger partial charge in [0.1, 0.15) is 11.6 Å². The summed E-state index contributed by atoms with van der Waals surface area (Å²) in [5.74, 6) is 1.82. The number of aromatic nitrogens is 5. The van der Waals surface area contributed by atoms with E-state index in [0.717, 1.165) is 29.7 Å². The van der Waals surface area contributed by atoms with Crippen LogP contribution < -0.4 is 11.1 Å². The number of rotatable bonds is 4. The van der Waals surface area contributed by atoms with Crippen molar-refractivity contribution in [3.8, 4) is 0 Å². The number of aryl methyl sites for hydroxylation is 1. The van der Waals surface area contributed by atoms with Gasteiger partial charge >= 0.3 is 0 Å². The zero-order chi connectivity index (χ0) is 10.7. The van der Waals surface area contributed by atoms with Gasteiger partial charge in [0.2, 0.25) is 11.1 Å². The first kappa shape index (κ1) is 9.84. The van der Waals surface area contributed by atoms with Crippen LogP contribution >= 0.6 is 11.5 Å². The van der Waals surface area contributed by atoms with Crippen molar-refractivity contribution in [2.24, 2.45) is 0 Å². The fourth-order valence-corrected chi connectivity index (χ4v) is 1.68. The van der Waals surface area contributed by atoms with E-state index in [9.17, 15) is 0 Å². The second-order valence-electron chi connectivity index (χ2n) is 2.96. The van der Waals surface area contributed by atoms with E-state index in [1.165, 1.54) is 11.5 Å². The van der Waals surface area contributed by atoms with Gasteiger partial charge in [-0.15, -0.1) is 5.10 Å². The Hall–Kier alpha value is -1.70. The Morgan fingerprint density at radius 2 is 2.33 bits per heavy atom. The standard InChI is InChI=1S/C7H11N7S/c1-4-10-7(15-14-4)9-3-2-5-11-6(8)13-12-5/h2-3H2,1H3,(H,9,10,14)(H3,8,11,12,13). The Kier molecular flexibility index (Phi) is 2.77. The Labute approximate surface area is 90.3 Å². The lowest BCUT2D eigenvalue weighted by Crippen LogP contribution is -2.05. The number of hydrogen-bond acceptors (Lipinski definition) is 7. The van der Waals surface area contributed by atoms with E-state index in [2.05, 4.69) is 29.9 Å². The molecule has 0 spiro atoms. The minimum Gasteiger partial charge on any atom is -0.367 e. The van der Waals surface area contributed by atoms with Crippen LogP contribution in [0, 0.1) is 6.92 Å². The van der Waals surface area contributed by atoms with Crippen molar-refractivity contribution >= 4 is 22.6 Å². The van der Waals surface area contributed by atoms with Crippen LogP contribution in [0.3, 0.4) is 0 Å². The van der Waals surface area contributed by atoms with Crippen molar-refractivity contribution in [2.75, 3.05) is 17.6 Å². The van der Waals surface area contributed by atoms with E-state index in [0.29, 0.717) is 0 Å². The number of H-pyrrole nitrogens is 1. The first-order chi connectivity index (χ1) is 7.24. The van der Waals surface area contributed by atoms with Gasteiger partial charge in [0.15, 0.2) is 0 Å². The molecule has 0 saturated carbocycles. The molecule has 7 nitrogen and oxygen atoms in total. The molecule has 0 unspecified atom stereocenters. The topological polar surface area (TPSA) is 105 Å². The Morgan fingerprint density at radius 1 is 1.47 bits per heavy atom. The molecule has 0 fully saturated rings. The van der Waals surface area contributed by atoms with Crippen LogP contribution in [0.4, 0.5) is 11.1 Å². The van der Waals surface area contributed by atoms with Crippen LogP contribution in [0.25, 0.3) is 0 Å². The molecule has 0 aliphatic heterocycles. The summed E-state index contributed by atoms with van der Waals surface area (Å²) in [6.45, 7) is 2.59. The molecule has 8 heteroatoms. The molecule has 0 aromatic carbocycles. The first-order valence-corrected chi connectivity index (χ1v) is 5.22. The average molecular weight is 225 g/mol. The molecule has 2 rings (SSSR count). The number of anilines is 2. The van der Waals surface area contributed by atoms with Crippen molar-refractivity contribution in [1.82, 2.24) is 24.5 Å². The van der Waals surface area contributed by atoms with Crippen molar-refractivity contribution in [1.29, 1.82) is 0 Å². The summed E-state index contributed by atoms with van der Waals surface area (Å²) in [6, 6.07) is 0. The molecule has 0 saturated heterocycles. The normalized spacial score (nSPS) is 10.5. The lowest BCUT2D eigenvalue weighted by Gasteiger charge is -1.98. The molecule has 0 aliphatic rings. The molecule has 0 bridgehead atoms. The summed E-state index contributed by atoms with van der Waals surface area (Å²) in [5.41, 5.74) is 5.37.